The minimum Gasteiger partial charge on any atom is -0.462 e. The third-order valence-electron chi connectivity index (χ3n) is 13.4. The van der Waals surface area contributed by atoms with Crippen molar-refractivity contribution in [3.05, 3.63) is 0 Å². The number of hydrogen-bond acceptors (Lipinski definition) is 5. The Morgan fingerprint density at radius 2 is 0.677 bits per heavy atom. The second kappa shape index (κ2) is 50.9. The van der Waals surface area contributed by atoms with Gasteiger partial charge in [0.2, 0.25) is 5.91 Å². The average Bonchev–Trinajstić information content (AvgIpc) is 3.26. The maximum atomic E-state index is 13.2. The molecule has 0 bridgehead atoms. The van der Waals surface area contributed by atoms with E-state index in [1.807, 2.05) is 0 Å². The predicted molar refractivity (Wildman–Crippen MR) is 269 cm³/mol. The van der Waals surface area contributed by atoms with Gasteiger partial charge >= 0.3 is 5.97 Å². The van der Waals surface area contributed by atoms with Crippen LogP contribution in [0, 0.1) is 0 Å². The van der Waals surface area contributed by atoms with Crippen molar-refractivity contribution in [3.63, 3.8) is 0 Å². The van der Waals surface area contributed by atoms with Gasteiger partial charge in [-0.2, -0.15) is 0 Å². The smallest absolute Gasteiger partial charge is 0.306 e. The zero-order chi connectivity index (χ0) is 45.2. The van der Waals surface area contributed by atoms with E-state index in [1.54, 1.807) is 0 Å². The molecule has 0 heterocycles. The molecule has 62 heavy (non-hydrogen) atoms. The quantitative estimate of drug-likeness (QED) is 0.0418. The van der Waals surface area contributed by atoms with Crippen LogP contribution in [0.15, 0.2) is 0 Å². The molecule has 0 aliphatic heterocycles. The summed E-state index contributed by atoms with van der Waals surface area (Å²) in [6.45, 7) is 6.52. The standard InChI is InChI=1S/C56H111NO5/c1-4-7-10-13-16-19-21-23-25-27-28-30-32-34-37-40-43-46-49-56(61)62-52(47-44-41-38-35-18-15-12-9-6-3)50-55(60)57-53(51-58)54(59)48-45-42-39-36-33-31-29-26-24-22-20-17-14-11-8-5-2/h52-54,58-59H,4-51H2,1-3H3,(H,57,60). The fraction of sp³-hybridized carbons (Fsp3) is 0.964. The minimum atomic E-state index is -0.779. The van der Waals surface area contributed by atoms with Gasteiger partial charge < -0.3 is 20.3 Å². The van der Waals surface area contributed by atoms with Crippen LogP contribution in [0.5, 0.6) is 0 Å². The highest BCUT2D eigenvalue weighted by atomic mass is 16.5. The maximum absolute atomic E-state index is 13.2. The van der Waals surface area contributed by atoms with Crippen LogP contribution >= 0.6 is 0 Å². The number of aliphatic hydroxyl groups excluding tert-OH is 2. The normalized spacial score (nSPS) is 13.0. The Morgan fingerprint density at radius 1 is 0.403 bits per heavy atom. The van der Waals surface area contributed by atoms with Crippen molar-refractivity contribution in [3.8, 4) is 0 Å². The largest absolute Gasteiger partial charge is 0.462 e. The molecule has 0 rings (SSSR count). The van der Waals surface area contributed by atoms with Crippen molar-refractivity contribution in [2.24, 2.45) is 0 Å². The van der Waals surface area contributed by atoms with Crippen LogP contribution in [-0.2, 0) is 14.3 Å². The molecule has 0 aromatic rings. The van der Waals surface area contributed by atoms with E-state index in [-0.39, 0.29) is 24.9 Å². The average molecular weight is 879 g/mol. The van der Waals surface area contributed by atoms with E-state index in [0.717, 1.165) is 38.5 Å². The molecule has 0 aromatic heterocycles. The van der Waals surface area contributed by atoms with Gasteiger partial charge in [0.25, 0.3) is 0 Å². The molecule has 6 heteroatoms. The number of amides is 1. The topological polar surface area (TPSA) is 95.9 Å². The lowest BCUT2D eigenvalue weighted by Crippen LogP contribution is -2.46. The molecule has 0 aliphatic carbocycles. The number of rotatable bonds is 52. The molecular formula is C56H111NO5. The van der Waals surface area contributed by atoms with Crippen molar-refractivity contribution in [1.82, 2.24) is 5.32 Å². The molecule has 370 valence electrons. The third-order valence-corrected chi connectivity index (χ3v) is 13.4. The monoisotopic (exact) mass is 878 g/mol. The first-order valence-electron chi connectivity index (χ1n) is 28.3. The molecule has 0 spiro atoms. The Hall–Kier alpha value is -1.14. The number of carbonyl (C=O) groups excluding carboxylic acids is 2. The lowest BCUT2D eigenvalue weighted by Gasteiger charge is -2.24. The summed E-state index contributed by atoms with van der Waals surface area (Å²) in [5.41, 5.74) is 0. The van der Waals surface area contributed by atoms with E-state index in [9.17, 15) is 19.8 Å². The Kier molecular flexibility index (Phi) is 49.9. The number of esters is 1. The summed E-state index contributed by atoms with van der Waals surface area (Å²) in [5, 5.41) is 23.8. The summed E-state index contributed by atoms with van der Waals surface area (Å²) in [4.78, 5) is 26.1. The molecule has 0 aromatic carbocycles. The molecule has 0 saturated carbocycles. The molecule has 6 nitrogen and oxygen atoms in total. The van der Waals surface area contributed by atoms with E-state index in [4.69, 9.17) is 4.74 Å². The number of nitrogens with one attached hydrogen (secondary N) is 1. The molecule has 0 radical (unpaired) electrons. The fourth-order valence-corrected chi connectivity index (χ4v) is 9.14. The van der Waals surface area contributed by atoms with Gasteiger partial charge in [-0.15, -0.1) is 0 Å². The molecule has 0 aliphatic rings. The Morgan fingerprint density at radius 3 is 0.984 bits per heavy atom. The van der Waals surface area contributed by atoms with Crippen LogP contribution in [0.25, 0.3) is 0 Å². The van der Waals surface area contributed by atoms with Gasteiger partial charge in [0.1, 0.15) is 6.10 Å². The lowest BCUT2D eigenvalue weighted by molar-refractivity contribution is -0.151. The van der Waals surface area contributed by atoms with Gasteiger partial charge in [-0.3, -0.25) is 9.59 Å². The highest BCUT2D eigenvalue weighted by molar-refractivity contribution is 5.77. The highest BCUT2D eigenvalue weighted by Crippen LogP contribution is 2.19. The second-order valence-electron chi connectivity index (χ2n) is 19.7. The van der Waals surface area contributed by atoms with Crippen molar-refractivity contribution in [2.45, 2.75) is 341 Å². The van der Waals surface area contributed by atoms with Crippen molar-refractivity contribution < 1.29 is 24.5 Å². The van der Waals surface area contributed by atoms with Gasteiger partial charge in [0, 0.05) is 6.42 Å². The van der Waals surface area contributed by atoms with Crippen molar-refractivity contribution in [2.75, 3.05) is 6.61 Å². The number of carbonyl (C=O) groups is 2. The number of unbranched alkanes of at least 4 members (excludes halogenated alkanes) is 40. The lowest BCUT2D eigenvalue weighted by atomic mass is 10.0. The molecule has 0 fully saturated rings. The van der Waals surface area contributed by atoms with Crippen LogP contribution < -0.4 is 5.32 Å². The predicted octanol–water partition coefficient (Wildman–Crippen LogP) is 17.1. The summed E-state index contributed by atoms with van der Waals surface area (Å²) in [6.07, 6.45) is 56.0. The van der Waals surface area contributed by atoms with E-state index in [1.165, 1.54) is 238 Å². The summed E-state index contributed by atoms with van der Waals surface area (Å²) in [7, 11) is 0. The third kappa shape index (κ3) is 45.4. The number of aliphatic hydroxyl groups is 2. The first-order valence-corrected chi connectivity index (χ1v) is 28.3. The fourth-order valence-electron chi connectivity index (χ4n) is 9.14. The first kappa shape index (κ1) is 60.9. The van der Waals surface area contributed by atoms with E-state index in [2.05, 4.69) is 26.1 Å². The Balaban J connectivity index is 4.33. The van der Waals surface area contributed by atoms with Crippen molar-refractivity contribution in [1.29, 1.82) is 0 Å². The zero-order valence-corrected chi connectivity index (χ0v) is 42.3. The Bertz CT molecular complexity index is 898. The molecular weight excluding hydrogens is 767 g/mol. The van der Waals surface area contributed by atoms with E-state index in [0.29, 0.717) is 19.3 Å². The zero-order valence-electron chi connectivity index (χ0n) is 42.3. The Labute approximate surface area is 387 Å². The van der Waals surface area contributed by atoms with Crippen LogP contribution in [-0.4, -0.2) is 46.9 Å². The van der Waals surface area contributed by atoms with Crippen LogP contribution in [0.3, 0.4) is 0 Å². The van der Waals surface area contributed by atoms with E-state index >= 15 is 0 Å². The van der Waals surface area contributed by atoms with Crippen LogP contribution in [0.4, 0.5) is 0 Å². The minimum absolute atomic E-state index is 0.0875. The summed E-state index contributed by atoms with van der Waals surface area (Å²) < 4.78 is 5.94. The van der Waals surface area contributed by atoms with Gasteiger partial charge in [-0.1, -0.05) is 284 Å². The van der Waals surface area contributed by atoms with E-state index < -0.39 is 18.2 Å². The molecule has 3 N–H and O–H groups in total. The van der Waals surface area contributed by atoms with Gasteiger partial charge in [-0.05, 0) is 25.7 Å². The summed E-state index contributed by atoms with van der Waals surface area (Å²) in [6, 6.07) is -0.692. The first-order chi connectivity index (χ1) is 30.5. The maximum Gasteiger partial charge on any atom is 0.306 e. The summed E-state index contributed by atoms with van der Waals surface area (Å²) in [5.74, 6) is -0.450. The number of ether oxygens (including phenoxy) is 1. The highest BCUT2D eigenvalue weighted by Gasteiger charge is 2.24. The van der Waals surface area contributed by atoms with Crippen molar-refractivity contribution >= 4 is 11.9 Å². The molecule has 3 unspecified atom stereocenters. The summed E-state index contributed by atoms with van der Waals surface area (Å²) >= 11 is 0. The SMILES string of the molecule is CCCCCCCCCCCCCCCCCCCCC(=O)OC(CCCCCCCCCCC)CC(=O)NC(CO)C(O)CCCCCCCCCCCCCCCCCC. The number of hydrogen-bond donors (Lipinski definition) is 3. The molecule has 1 amide bonds. The van der Waals surface area contributed by atoms with Gasteiger partial charge in [0.15, 0.2) is 0 Å². The second-order valence-corrected chi connectivity index (χ2v) is 19.7. The van der Waals surface area contributed by atoms with Crippen LogP contribution in [0.2, 0.25) is 0 Å². The molecule has 0 saturated heterocycles. The van der Waals surface area contributed by atoms with Gasteiger partial charge in [0.05, 0.1) is 25.2 Å². The van der Waals surface area contributed by atoms with Crippen LogP contribution in [0.1, 0.15) is 323 Å². The van der Waals surface area contributed by atoms with Gasteiger partial charge in [-0.25, -0.2) is 0 Å². The molecule has 3 atom stereocenters.